The Kier molecular flexibility index (Phi) is 4.18. The van der Waals surface area contributed by atoms with Gasteiger partial charge in [0.2, 0.25) is 5.79 Å². The Bertz CT molecular complexity index is 352. The van der Waals surface area contributed by atoms with Crippen LogP contribution in [0.25, 0.3) is 0 Å². The van der Waals surface area contributed by atoms with E-state index in [-0.39, 0.29) is 6.10 Å². The summed E-state index contributed by atoms with van der Waals surface area (Å²) in [6, 6.07) is 0. The van der Waals surface area contributed by atoms with Gasteiger partial charge in [-0.3, -0.25) is 0 Å². The molecule has 0 aromatic carbocycles. The van der Waals surface area contributed by atoms with Crippen LogP contribution in [0.2, 0.25) is 0 Å². The van der Waals surface area contributed by atoms with Gasteiger partial charge in [0.05, 0.1) is 6.61 Å². The van der Waals surface area contributed by atoms with Gasteiger partial charge in [-0.1, -0.05) is 25.8 Å². The van der Waals surface area contributed by atoms with Crippen LogP contribution in [-0.4, -0.2) is 38.0 Å². The Morgan fingerprint density at radius 2 is 2.05 bits per heavy atom. The minimum Gasteiger partial charge on any atom is -0.375 e. The van der Waals surface area contributed by atoms with E-state index in [9.17, 15) is 0 Å². The third-order valence-corrected chi connectivity index (χ3v) is 4.98. The van der Waals surface area contributed by atoms with Crippen molar-refractivity contribution in [3.63, 3.8) is 0 Å². The van der Waals surface area contributed by atoms with Crippen LogP contribution in [0.5, 0.6) is 0 Å². The molecule has 4 heteroatoms. The predicted octanol–water partition coefficient (Wildman–Crippen LogP) is 3.02. The summed E-state index contributed by atoms with van der Waals surface area (Å²) in [5, 5.41) is 0. The lowest BCUT2D eigenvalue weighted by atomic mass is 9.90. The second-order valence-electron chi connectivity index (χ2n) is 6.31. The first-order valence-corrected chi connectivity index (χ1v) is 7.86. The van der Waals surface area contributed by atoms with E-state index in [4.69, 9.17) is 18.9 Å². The van der Waals surface area contributed by atoms with Crippen LogP contribution in [0, 0.1) is 5.92 Å². The first-order valence-electron chi connectivity index (χ1n) is 7.86. The van der Waals surface area contributed by atoms with Crippen LogP contribution in [0.4, 0.5) is 0 Å². The zero-order valence-corrected chi connectivity index (χ0v) is 12.4. The van der Waals surface area contributed by atoms with Crippen LogP contribution < -0.4 is 0 Å². The molecular weight excluding hydrogens is 256 g/mol. The molecule has 2 saturated heterocycles. The van der Waals surface area contributed by atoms with E-state index in [1.807, 2.05) is 0 Å². The van der Waals surface area contributed by atoms with Gasteiger partial charge in [0.1, 0.15) is 12.7 Å². The fourth-order valence-electron chi connectivity index (χ4n) is 3.69. The summed E-state index contributed by atoms with van der Waals surface area (Å²) in [7, 11) is 1.69. The van der Waals surface area contributed by atoms with Crippen molar-refractivity contribution in [2.45, 2.75) is 62.6 Å². The molecule has 3 atom stereocenters. The average molecular weight is 282 g/mol. The van der Waals surface area contributed by atoms with Crippen LogP contribution in [-0.2, 0) is 18.9 Å². The molecule has 1 saturated carbocycles. The van der Waals surface area contributed by atoms with Crippen molar-refractivity contribution in [1.82, 2.24) is 0 Å². The monoisotopic (exact) mass is 282 g/mol. The maximum Gasteiger partial charge on any atom is 0.217 e. The molecule has 2 heterocycles. The summed E-state index contributed by atoms with van der Waals surface area (Å²) < 4.78 is 23.6. The van der Waals surface area contributed by atoms with Crippen molar-refractivity contribution in [2.24, 2.45) is 5.92 Å². The number of rotatable bonds is 5. The summed E-state index contributed by atoms with van der Waals surface area (Å²) >= 11 is 0. The molecule has 0 spiro atoms. The molecule has 4 nitrogen and oxygen atoms in total. The lowest BCUT2D eigenvalue weighted by molar-refractivity contribution is -0.307. The smallest absolute Gasteiger partial charge is 0.217 e. The minimum atomic E-state index is -0.820. The third-order valence-electron chi connectivity index (χ3n) is 4.98. The second kappa shape index (κ2) is 5.76. The molecule has 114 valence electrons. The quantitative estimate of drug-likeness (QED) is 0.726. The van der Waals surface area contributed by atoms with E-state index in [0.29, 0.717) is 12.5 Å². The molecule has 0 N–H and O–H groups in total. The summed E-state index contributed by atoms with van der Waals surface area (Å²) in [4.78, 5) is 0. The van der Waals surface area contributed by atoms with Gasteiger partial charge < -0.3 is 18.9 Å². The lowest BCUT2D eigenvalue weighted by Crippen LogP contribution is -2.51. The molecule has 2 bridgehead atoms. The largest absolute Gasteiger partial charge is 0.375 e. The number of fused-ring (bicyclic) bond motifs is 2. The van der Waals surface area contributed by atoms with Gasteiger partial charge in [-0.2, -0.15) is 0 Å². The highest BCUT2D eigenvalue weighted by atomic mass is 16.8. The summed E-state index contributed by atoms with van der Waals surface area (Å²) in [6.07, 6.45) is 9.94. The highest BCUT2D eigenvalue weighted by molar-refractivity contribution is 5.05. The fraction of sp³-hybridized carbons (Fsp3) is 0.875. The van der Waals surface area contributed by atoms with Gasteiger partial charge in [-0.25, -0.2) is 0 Å². The van der Waals surface area contributed by atoms with Crippen LogP contribution >= 0.6 is 0 Å². The number of hydrogen-bond donors (Lipinski definition) is 0. The molecule has 3 rings (SSSR count). The Morgan fingerprint density at radius 3 is 2.75 bits per heavy atom. The molecule has 2 aliphatic heterocycles. The van der Waals surface area contributed by atoms with Crippen LogP contribution in [0.1, 0.15) is 44.9 Å². The molecule has 1 aliphatic carbocycles. The topological polar surface area (TPSA) is 36.9 Å². The fourth-order valence-corrected chi connectivity index (χ4v) is 3.69. The Labute approximate surface area is 121 Å². The second-order valence-corrected chi connectivity index (χ2v) is 6.31. The lowest BCUT2D eigenvalue weighted by Gasteiger charge is -2.40. The molecule has 0 aromatic heterocycles. The molecule has 3 fully saturated rings. The van der Waals surface area contributed by atoms with E-state index in [0.717, 1.165) is 19.4 Å². The highest BCUT2D eigenvalue weighted by Crippen LogP contribution is 2.46. The summed E-state index contributed by atoms with van der Waals surface area (Å²) in [5.41, 5.74) is 0. The number of methoxy groups -OCH3 is 1. The van der Waals surface area contributed by atoms with Gasteiger partial charge in [0, 0.05) is 13.5 Å². The molecule has 20 heavy (non-hydrogen) atoms. The normalized spacial score (nSPS) is 41.8. The summed E-state index contributed by atoms with van der Waals surface area (Å²) in [6.45, 7) is 5.11. The van der Waals surface area contributed by atoms with E-state index >= 15 is 0 Å². The SMILES string of the molecule is C=CC12OC[C@@](OCC3CCCCC3)(CC[C@H]1OC)O2. The number of ether oxygens (including phenoxy) is 4. The van der Waals surface area contributed by atoms with Crippen LogP contribution in [0.15, 0.2) is 12.7 Å². The summed E-state index contributed by atoms with van der Waals surface area (Å²) in [5.74, 6) is -0.721. The zero-order chi connectivity index (χ0) is 14.1. The van der Waals surface area contributed by atoms with Gasteiger partial charge in [-0.05, 0) is 31.3 Å². The van der Waals surface area contributed by atoms with Crippen molar-refractivity contribution in [1.29, 1.82) is 0 Å². The molecule has 0 amide bonds. The van der Waals surface area contributed by atoms with Crippen molar-refractivity contribution in [3.05, 3.63) is 12.7 Å². The van der Waals surface area contributed by atoms with Gasteiger partial charge in [0.25, 0.3) is 0 Å². The number of hydrogen-bond acceptors (Lipinski definition) is 4. The third kappa shape index (κ3) is 2.54. The zero-order valence-electron chi connectivity index (χ0n) is 12.4. The van der Waals surface area contributed by atoms with E-state index in [1.54, 1.807) is 13.2 Å². The standard InChI is InChI=1S/C16H26O4/c1-3-16-14(17-2)9-10-15(20-16,12-19-16)18-11-13-7-5-4-6-8-13/h3,13-14H,1,4-12H2,2H3/t14-,15-,16?/m1/s1. The molecule has 3 aliphatic rings. The van der Waals surface area contributed by atoms with Gasteiger partial charge in [0.15, 0.2) is 5.79 Å². The van der Waals surface area contributed by atoms with Crippen molar-refractivity contribution in [3.8, 4) is 0 Å². The minimum absolute atomic E-state index is 0.0890. The van der Waals surface area contributed by atoms with Gasteiger partial charge >= 0.3 is 0 Å². The maximum absolute atomic E-state index is 6.17. The Balaban J connectivity index is 1.61. The molecule has 1 unspecified atom stereocenters. The van der Waals surface area contributed by atoms with Crippen molar-refractivity contribution in [2.75, 3.05) is 20.3 Å². The highest BCUT2D eigenvalue weighted by Gasteiger charge is 2.58. The van der Waals surface area contributed by atoms with E-state index in [2.05, 4.69) is 6.58 Å². The van der Waals surface area contributed by atoms with Crippen molar-refractivity contribution < 1.29 is 18.9 Å². The average Bonchev–Trinajstić information content (AvgIpc) is 2.82. The molecular formula is C16H26O4. The first kappa shape index (κ1) is 14.5. The maximum atomic E-state index is 6.17. The first-order chi connectivity index (χ1) is 9.72. The Hall–Kier alpha value is -0.420. The van der Waals surface area contributed by atoms with E-state index in [1.165, 1.54) is 32.1 Å². The van der Waals surface area contributed by atoms with Crippen molar-refractivity contribution >= 4 is 0 Å². The molecule has 0 aromatic rings. The van der Waals surface area contributed by atoms with Crippen LogP contribution in [0.3, 0.4) is 0 Å². The van der Waals surface area contributed by atoms with Gasteiger partial charge in [-0.15, -0.1) is 0 Å². The predicted molar refractivity (Wildman–Crippen MR) is 75.3 cm³/mol. The van der Waals surface area contributed by atoms with E-state index < -0.39 is 11.6 Å². The Morgan fingerprint density at radius 1 is 1.25 bits per heavy atom. The molecule has 0 radical (unpaired) electrons.